The van der Waals surface area contributed by atoms with Gasteiger partial charge in [-0.15, -0.1) is 0 Å². The molecule has 0 saturated heterocycles. The van der Waals surface area contributed by atoms with Gasteiger partial charge in [0, 0.05) is 11.8 Å². The van der Waals surface area contributed by atoms with Crippen LogP contribution < -0.4 is 0 Å². The molecule has 1 nitrogen and oxygen atoms in total. The Bertz CT molecular complexity index is 318. The number of hydrogen-bond donors (Lipinski definition) is 0. The van der Waals surface area contributed by atoms with E-state index in [1.54, 1.807) is 7.11 Å². The lowest BCUT2D eigenvalue weighted by Gasteiger charge is -2.27. The summed E-state index contributed by atoms with van der Waals surface area (Å²) in [6.45, 7) is 2.09. The summed E-state index contributed by atoms with van der Waals surface area (Å²) in [6.07, 6.45) is 13.0. The van der Waals surface area contributed by atoms with Gasteiger partial charge in [0.1, 0.15) is 5.76 Å². The highest BCUT2D eigenvalue weighted by Crippen LogP contribution is 2.34. The molecule has 2 aliphatic carbocycles. The Kier molecular flexibility index (Phi) is 2.09. The first kappa shape index (κ1) is 8.36. The molecule has 0 aromatic rings. The van der Waals surface area contributed by atoms with Gasteiger partial charge < -0.3 is 4.74 Å². The molecule has 0 saturated carbocycles. The van der Waals surface area contributed by atoms with Gasteiger partial charge in [0.2, 0.25) is 0 Å². The second-order valence-corrected chi connectivity index (χ2v) is 3.48. The molecule has 0 aliphatic heterocycles. The fourth-order valence-corrected chi connectivity index (χ4v) is 1.97. The molecule has 2 atom stereocenters. The van der Waals surface area contributed by atoms with E-state index < -0.39 is 0 Å². The summed E-state index contributed by atoms with van der Waals surface area (Å²) >= 11 is 0. The monoisotopic (exact) mass is 174 g/mol. The number of allylic oxidation sites excluding steroid dienone is 7. The second-order valence-electron chi connectivity index (χ2n) is 3.48. The lowest BCUT2D eigenvalue weighted by Crippen LogP contribution is -2.18. The van der Waals surface area contributed by atoms with Crippen LogP contribution in [0.1, 0.15) is 6.92 Å². The Hall–Kier alpha value is -1.24. The minimum absolute atomic E-state index is 0.417. The summed E-state index contributed by atoms with van der Waals surface area (Å²) < 4.78 is 5.42. The Balaban J connectivity index is 2.36. The average molecular weight is 174 g/mol. The first-order chi connectivity index (χ1) is 6.33. The molecule has 2 rings (SSSR count). The average Bonchev–Trinajstić information content (AvgIpc) is 2.18. The van der Waals surface area contributed by atoms with E-state index in [2.05, 4.69) is 43.4 Å². The number of rotatable bonds is 1. The molecule has 68 valence electrons. The quantitative estimate of drug-likeness (QED) is 0.594. The van der Waals surface area contributed by atoms with Gasteiger partial charge in [0.15, 0.2) is 0 Å². The molecular weight excluding hydrogens is 160 g/mol. The molecule has 0 radical (unpaired) electrons. The molecule has 0 amide bonds. The van der Waals surface area contributed by atoms with E-state index in [-0.39, 0.29) is 0 Å². The molecule has 0 fully saturated rings. The number of fused-ring (bicyclic) bond motifs is 1. The van der Waals surface area contributed by atoms with Crippen molar-refractivity contribution in [3.63, 3.8) is 0 Å². The maximum Gasteiger partial charge on any atom is 0.106 e. The van der Waals surface area contributed by atoms with Gasteiger partial charge in [-0.1, -0.05) is 36.5 Å². The van der Waals surface area contributed by atoms with Crippen LogP contribution in [0.4, 0.5) is 0 Å². The van der Waals surface area contributed by atoms with E-state index >= 15 is 0 Å². The highest BCUT2D eigenvalue weighted by molar-refractivity contribution is 5.35. The molecule has 13 heavy (non-hydrogen) atoms. The van der Waals surface area contributed by atoms with Crippen LogP contribution in [0, 0.1) is 11.8 Å². The van der Waals surface area contributed by atoms with Gasteiger partial charge in [-0.25, -0.2) is 0 Å². The third-order valence-electron chi connectivity index (χ3n) is 2.66. The van der Waals surface area contributed by atoms with Gasteiger partial charge in [0.05, 0.1) is 7.11 Å². The predicted octanol–water partition coefficient (Wildman–Crippen LogP) is 2.84. The molecule has 1 heteroatoms. The lowest BCUT2D eigenvalue weighted by molar-refractivity contribution is 0.240. The SMILES string of the molecule is COC1=C(C)C=CC2C=CC=CC12. The smallest absolute Gasteiger partial charge is 0.106 e. The van der Waals surface area contributed by atoms with Crippen LogP contribution in [0.15, 0.2) is 47.8 Å². The molecule has 0 heterocycles. The predicted molar refractivity (Wildman–Crippen MR) is 54.1 cm³/mol. The van der Waals surface area contributed by atoms with Gasteiger partial charge in [-0.3, -0.25) is 0 Å². The first-order valence-electron chi connectivity index (χ1n) is 4.61. The van der Waals surface area contributed by atoms with Crippen LogP contribution in [0.2, 0.25) is 0 Å². The lowest BCUT2D eigenvalue weighted by atomic mass is 9.82. The Morgan fingerprint density at radius 2 is 1.92 bits per heavy atom. The van der Waals surface area contributed by atoms with Crippen molar-refractivity contribution in [2.75, 3.05) is 7.11 Å². The van der Waals surface area contributed by atoms with Crippen LogP contribution in [0.3, 0.4) is 0 Å². The molecule has 0 bridgehead atoms. The second kappa shape index (κ2) is 3.25. The molecular formula is C12H14O. The van der Waals surface area contributed by atoms with E-state index in [0.717, 1.165) is 5.76 Å². The van der Waals surface area contributed by atoms with Crippen LogP contribution >= 0.6 is 0 Å². The highest BCUT2D eigenvalue weighted by Gasteiger charge is 2.25. The highest BCUT2D eigenvalue weighted by atomic mass is 16.5. The van der Waals surface area contributed by atoms with Crippen molar-refractivity contribution < 1.29 is 4.74 Å². The normalized spacial score (nSPS) is 30.6. The topological polar surface area (TPSA) is 9.23 Å². The summed E-state index contributed by atoms with van der Waals surface area (Å²) in [5.74, 6) is 2.01. The standard InChI is InChI=1S/C12H14O/c1-9-7-8-10-5-3-4-6-11(10)12(9)13-2/h3-8,10-11H,1-2H3. The molecule has 0 aromatic heterocycles. The number of ether oxygens (including phenoxy) is 1. The molecule has 0 spiro atoms. The molecule has 0 aromatic carbocycles. The van der Waals surface area contributed by atoms with Crippen molar-refractivity contribution in [3.05, 3.63) is 47.8 Å². The summed E-state index contributed by atoms with van der Waals surface area (Å²) in [5, 5.41) is 0. The van der Waals surface area contributed by atoms with Crippen molar-refractivity contribution in [3.8, 4) is 0 Å². The van der Waals surface area contributed by atoms with Crippen molar-refractivity contribution in [2.24, 2.45) is 11.8 Å². The summed E-state index contributed by atoms with van der Waals surface area (Å²) in [6, 6.07) is 0. The first-order valence-corrected chi connectivity index (χ1v) is 4.61. The van der Waals surface area contributed by atoms with Crippen LogP contribution in [-0.2, 0) is 4.74 Å². The summed E-state index contributed by atoms with van der Waals surface area (Å²) in [7, 11) is 1.75. The van der Waals surface area contributed by atoms with Crippen LogP contribution in [0.5, 0.6) is 0 Å². The van der Waals surface area contributed by atoms with Gasteiger partial charge in [0.25, 0.3) is 0 Å². The number of hydrogen-bond acceptors (Lipinski definition) is 1. The van der Waals surface area contributed by atoms with E-state index in [4.69, 9.17) is 4.74 Å². The van der Waals surface area contributed by atoms with Gasteiger partial charge in [-0.2, -0.15) is 0 Å². The Labute approximate surface area is 79.1 Å². The van der Waals surface area contributed by atoms with Crippen LogP contribution in [0.25, 0.3) is 0 Å². The number of methoxy groups -OCH3 is 1. The summed E-state index contributed by atoms with van der Waals surface area (Å²) in [4.78, 5) is 0. The van der Waals surface area contributed by atoms with Crippen LogP contribution in [-0.4, -0.2) is 7.11 Å². The van der Waals surface area contributed by atoms with E-state index in [1.165, 1.54) is 5.57 Å². The van der Waals surface area contributed by atoms with E-state index in [9.17, 15) is 0 Å². The van der Waals surface area contributed by atoms with Gasteiger partial charge in [-0.05, 0) is 12.5 Å². The maximum atomic E-state index is 5.42. The maximum absolute atomic E-state index is 5.42. The Morgan fingerprint density at radius 1 is 1.15 bits per heavy atom. The largest absolute Gasteiger partial charge is 0.500 e. The summed E-state index contributed by atoms with van der Waals surface area (Å²) in [5.41, 5.74) is 1.24. The van der Waals surface area contributed by atoms with Crippen molar-refractivity contribution in [1.29, 1.82) is 0 Å². The zero-order valence-corrected chi connectivity index (χ0v) is 8.03. The van der Waals surface area contributed by atoms with Crippen molar-refractivity contribution in [1.82, 2.24) is 0 Å². The third-order valence-corrected chi connectivity index (χ3v) is 2.66. The van der Waals surface area contributed by atoms with Gasteiger partial charge >= 0.3 is 0 Å². The minimum Gasteiger partial charge on any atom is -0.500 e. The fourth-order valence-electron chi connectivity index (χ4n) is 1.97. The molecule has 0 N–H and O–H groups in total. The third kappa shape index (κ3) is 1.35. The van der Waals surface area contributed by atoms with E-state index in [1.807, 2.05) is 0 Å². The van der Waals surface area contributed by atoms with Crippen molar-refractivity contribution in [2.45, 2.75) is 6.92 Å². The Morgan fingerprint density at radius 3 is 2.69 bits per heavy atom. The van der Waals surface area contributed by atoms with Crippen molar-refractivity contribution >= 4 is 0 Å². The molecule has 2 aliphatic rings. The molecule has 2 unspecified atom stereocenters. The minimum atomic E-state index is 0.417. The fraction of sp³-hybridized carbons (Fsp3) is 0.333. The van der Waals surface area contributed by atoms with E-state index in [0.29, 0.717) is 11.8 Å². The zero-order valence-electron chi connectivity index (χ0n) is 8.03. The zero-order chi connectivity index (χ0) is 9.26.